The van der Waals surface area contributed by atoms with Crippen molar-refractivity contribution in [1.82, 2.24) is 9.78 Å². The molecule has 0 aliphatic rings. The number of aldehydes is 1. The molecule has 88 valence electrons. The molecule has 4 heteroatoms. The molecule has 0 radical (unpaired) electrons. The summed E-state index contributed by atoms with van der Waals surface area (Å²) in [4.78, 5) is 10.9. The Morgan fingerprint density at radius 2 is 2.29 bits per heavy atom. The standard InChI is InChI=1S/C13H13FN2O/c1-2-5-16-8-11(7-15-16)13-6-12(14)4-3-10(13)9-17/h3-4,6-9H,2,5H2,1H3. The van der Waals surface area contributed by atoms with Gasteiger partial charge in [0, 0.05) is 23.9 Å². The summed E-state index contributed by atoms with van der Waals surface area (Å²) in [6, 6.07) is 4.12. The van der Waals surface area contributed by atoms with Gasteiger partial charge in [0.25, 0.3) is 0 Å². The Morgan fingerprint density at radius 3 is 3.00 bits per heavy atom. The maximum atomic E-state index is 13.2. The van der Waals surface area contributed by atoms with E-state index in [-0.39, 0.29) is 5.82 Å². The SMILES string of the molecule is CCCn1cc(-c2cc(F)ccc2C=O)cn1. The number of nitrogens with zero attached hydrogens (tertiary/aromatic N) is 2. The lowest BCUT2D eigenvalue weighted by Gasteiger charge is -2.01. The number of hydrogen-bond acceptors (Lipinski definition) is 2. The van der Waals surface area contributed by atoms with Gasteiger partial charge in [-0.3, -0.25) is 9.48 Å². The van der Waals surface area contributed by atoms with Crippen LogP contribution in [0.5, 0.6) is 0 Å². The van der Waals surface area contributed by atoms with E-state index in [0.29, 0.717) is 11.1 Å². The molecule has 3 nitrogen and oxygen atoms in total. The Hall–Kier alpha value is -1.97. The second-order valence-corrected chi connectivity index (χ2v) is 3.84. The lowest BCUT2D eigenvalue weighted by atomic mass is 10.0. The normalized spacial score (nSPS) is 10.5. The Morgan fingerprint density at radius 1 is 1.47 bits per heavy atom. The Bertz CT molecular complexity index is 534. The molecular formula is C13H13FN2O. The van der Waals surface area contributed by atoms with E-state index in [2.05, 4.69) is 12.0 Å². The molecule has 0 amide bonds. The second kappa shape index (κ2) is 4.91. The maximum absolute atomic E-state index is 13.2. The van der Waals surface area contributed by atoms with Gasteiger partial charge in [0.15, 0.2) is 6.29 Å². The van der Waals surface area contributed by atoms with Crippen molar-refractivity contribution in [2.75, 3.05) is 0 Å². The van der Waals surface area contributed by atoms with Crippen molar-refractivity contribution in [1.29, 1.82) is 0 Å². The minimum atomic E-state index is -0.353. The first-order valence-electron chi connectivity index (χ1n) is 5.52. The van der Waals surface area contributed by atoms with Gasteiger partial charge >= 0.3 is 0 Å². The van der Waals surface area contributed by atoms with Gasteiger partial charge < -0.3 is 0 Å². The van der Waals surface area contributed by atoms with Crippen LogP contribution in [-0.2, 0) is 6.54 Å². The number of benzene rings is 1. The molecule has 0 spiro atoms. The summed E-state index contributed by atoms with van der Waals surface area (Å²) in [6.07, 6.45) is 5.18. The topological polar surface area (TPSA) is 34.9 Å². The van der Waals surface area contributed by atoms with Crippen LogP contribution in [0.2, 0.25) is 0 Å². The van der Waals surface area contributed by atoms with Crippen LogP contribution in [0, 0.1) is 5.82 Å². The van der Waals surface area contributed by atoms with Crippen LogP contribution in [0.15, 0.2) is 30.6 Å². The number of halogens is 1. The summed E-state index contributed by atoms with van der Waals surface area (Å²) in [7, 11) is 0. The zero-order valence-corrected chi connectivity index (χ0v) is 9.56. The van der Waals surface area contributed by atoms with Crippen molar-refractivity contribution < 1.29 is 9.18 Å². The molecule has 0 unspecified atom stereocenters. The van der Waals surface area contributed by atoms with Crippen LogP contribution in [-0.4, -0.2) is 16.1 Å². The van der Waals surface area contributed by atoms with Crippen LogP contribution in [0.25, 0.3) is 11.1 Å². The van der Waals surface area contributed by atoms with E-state index >= 15 is 0 Å². The summed E-state index contributed by atoms with van der Waals surface area (Å²) in [5, 5.41) is 4.17. The molecule has 0 saturated heterocycles. The second-order valence-electron chi connectivity index (χ2n) is 3.84. The van der Waals surface area contributed by atoms with Crippen LogP contribution in [0.1, 0.15) is 23.7 Å². The van der Waals surface area contributed by atoms with Gasteiger partial charge in [-0.15, -0.1) is 0 Å². The number of hydrogen-bond donors (Lipinski definition) is 0. The molecule has 1 aromatic heterocycles. The van der Waals surface area contributed by atoms with Gasteiger partial charge in [-0.25, -0.2) is 4.39 Å². The average molecular weight is 232 g/mol. The van der Waals surface area contributed by atoms with Crippen LogP contribution in [0.3, 0.4) is 0 Å². The van der Waals surface area contributed by atoms with Crippen molar-refractivity contribution in [2.24, 2.45) is 0 Å². The smallest absolute Gasteiger partial charge is 0.150 e. The molecule has 2 aromatic rings. The number of carbonyl (C=O) groups is 1. The molecule has 0 saturated carbocycles. The fourth-order valence-electron chi connectivity index (χ4n) is 1.74. The molecule has 1 heterocycles. The zero-order chi connectivity index (χ0) is 12.3. The van der Waals surface area contributed by atoms with Crippen molar-refractivity contribution in [3.05, 3.63) is 42.0 Å². The molecule has 2 rings (SSSR count). The molecule has 0 bridgehead atoms. The van der Waals surface area contributed by atoms with E-state index in [1.54, 1.807) is 10.9 Å². The Kier molecular flexibility index (Phi) is 3.32. The molecule has 0 aliphatic heterocycles. The van der Waals surface area contributed by atoms with Crippen molar-refractivity contribution in [3.63, 3.8) is 0 Å². The predicted octanol–water partition coefficient (Wildman–Crippen LogP) is 2.91. The lowest BCUT2D eigenvalue weighted by Crippen LogP contribution is -1.95. The van der Waals surface area contributed by atoms with Crippen LogP contribution in [0.4, 0.5) is 4.39 Å². The van der Waals surface area contributed by atoms with Gasteiger partial charge in [0.05, 0.1) is 6.20 Å². The quantitative estimate of drug-likeness (QED) is 0.760. The first-order chi connectivity index (χ1) is 8.24. The summed E-state index contributed by atoms with van der Waals surface area (Å²) in [6.45, 7) is 2.87. The number of aromatic nitrogens is 2. The number of aryl methyl sites for hydroxylation is 1. The summed E-state index contributed by atoms with van der Waals surface area (Å²) < 4.78 is 15.0. The molecule has 0 N–H and O–H groups in total. The number of rotatable bonds is 4. The van der Waals surface area contributed by atoms with Crippen molar-refractivity contribution in [2.45, 2.75) is 19.9 Å². The molecular weight excluding hydrogens is 219 g/mol. The fourth-order valence-corrected chi connectivity index (χ4v) is 1.74. The maximum Gasteiger partial charge on any atom is 0.150 e. The van der Waals surface area contributed by atoms with Gasteiger partial charge in [-0.05, 0) is 30.2 Å². The Labute approximate surface area is 98.9 Å². The number of carbonyl (C=O) groups excluding carboxylic acids is 1. The third-order valence-corrected chi connectivity index (χ3v) is 2.54. The summed E-state index contributed by atoms with van der Waals surface area (Å²) >= 11 is 0. The zero-order valence-electron chi connectivity index (χ0n) is 9.56. The van der Waals surface area contributed by atoms with Gasteiger partial charge in [-0.2, -0.15) is 5.10 Å². The average Bonchev–Trinajstić information content (AvgIpc) is 2.78. The third kappa shape index (κ3) is 2.41. The first-order valence-corrected chi connectivity index (χ1v) is 5.52. The van der Waals surface area contributed by atoms with Crippen LogP contribution < -0.4 is 0 Å². The largest absolute Gasteiger partial charge is 0.298 e. The molecule has 0 fully saturated rings. The molecule has 0 atom stereocenters. The van der Waals surface area contributed by atoms with E-state index in [0.717, 1.165) is 24.8 Å². The Balaban J connectivity index is 2.43. The van der Waals surface area contributed by atoms with Crippen molar-refractivity contribution in [3.8, 4) is 11.1 Å². The summed E-state index contributed by atoms with van der Waals surface area (Å²) in [5.74, 6) is -0.353. The van der Waals surface area contributed by atoms with E-state index < -0.39 is 0 Å². The molecule has 0 aliphatic carbocycles. The highest BCUT2D eigenvalue weighted by atomic mass is 19.1. The first kappa shape index (κ1) is 11.5. The van der Waals surface area contributed by atoms with Crippen LogP contribution >= 0.6 is 0 Å². The third-order valence-electron chi connectivity index (χ3n) is 2.54. The molecule has 1 aromatic carbocycles. The van der Waals surface area contributed by atoms with Gasteiger partial charge in [0.1, 0.15) is 5.82 Å². The van der Waals surface area contributed by atoms with E-state index in [1.165, 1.54) is 18.2 Å². The van der Waals surface area contributed by atoms with E-state index in [4.69, 9.17) is 0 Å². The fraction of sp³-hybridized carbons (Fsp3) is 0.231. The summed E-state index contributed by atoms with van der Waals surface area (Å²) in [5.41, 5.74) is 1.82. The monoisotopic (exact) mass is 232 g/mol. The highest BCUT2D eigenvalue weighted by Crippen LogP contribution is 2.23. The predicted molar refractivity (Wildman–Crippen MR) is 63.3 cm³/mol. The minimum Gasteiger partial charge on any atom is -0.298 e. The highest BCUT2D eigenvalue weighted by molar-refractivity contribution is 5.87. The minimum absolute atomic E-state index is 0.353. The molecule has 17 heavy (non-hydrogen) atoms. The van der Waals surface area contributed by atoms with Crippen molar-refractivity contribution >= 4 is 6.29 Å². The highest BCUT2D eigenvalue weighted by Gasteiger charge is 2.08. The van der Waals surface area contributed by atoms with E-state index in [1.807, 2.05) is 6.20 Å². The lowest BCUT2D eigenvalue weighted by molar-refractivity contribution is 0.112. The van der Waals surface area contributed by atoms with E-state index in [9.17, 15) is 9.18 Å². The van der Waals surface area contributed by atoms with Gasteiger partial charge in [0.2, 0.25) is 0 Å². The van der Waals surface area contributed by atoms with Gasteiger partial charge in [-0.1, -0.05) is 6.92 Å².